The first-order valence-corrected chi connectivity index (χ1v) is 10.7. The maximum atomic E-state index is 13.3. The number of amides is 3. The van der Waals surface area contributed by atoms with E-state index in [0.717, 1.165) is 6.42 Å². The predicted molar refractivity (Wildman–Crippen MR) is 120 cm³/mol. The van der Waals surface area contributed by atoms with Gasteiger partial charge in [-0.25, -0.2) is 9.37 Å². The van der Waals surface area contributed by atoms with Crippen LogP contribution in [0.2, 0.25) is 5.02 Å². The molecule has 0 bridgehead atoms. The Kier molecular flexibility index (Phi) is 8.13. The van der Waals surface area contributed by atoms with E-state index in [1.165, 1.54) is 35.4 Å². The minimum Gasteiger partial charge on any atom is -0.370 e. The van der Waals surface area contributed by atoms with Gasteiger partial charge in [0.2, 0.25) is 17.7 Å². The fourth-order valence-electron chi connectivity index (χ4n) is 3.61. The third kappa shape index (κ3) is 6.73. The first kappa shape index (κ1) is 23.6. The number of hydrogen-bond donors (Lipinski definition) is 2. The lowest BCUT2D eigenvalue weighted by Crippen LogP contribution is -2.47. The van der Waals surface area contributed by atoms with E-state index in [9.17, 15) is 18.8 Å². The van der Waals surface area contributed by atoms with Gasteiger partial charge in [-0.3, -0.25) is 19.3 Å². The average molecular weight is 462 g/mol. The van der Waals surface area contributed by atoms with Crippen LogP contribution in [0.1, 0.15) is 19.3 Å². The van der Waals surface area contributed by atoms with Crippen LogP contribution >= 0.6 is 11.6 Å². The van der Waals surface area contributed by atoms with Crippen LogP contribution in [0.4, 0.5) is 15.9 Å². The number of likely N-dealkylation sites (tertiary alicyclic amines) is 1. The summed E-state index contributed by atoms with van der Waals surface area (Å²) in [5, 5.41) is 3.26. The Morgan fingerprint density at radius 3 is 2.62 bits per heavy atom. The third-order valence-electron chi connectivity index (χ3n) is 5.23. The van der Waals surface area contributed by atoms with Crippen LogP contribution in [0.5, 0.6) is 0 Å². The van der Waals surface area contributed by atoms with Crippen LogP contribution in [0, 0.1) is 11.7 Å². The van der Waals surface area contributed by atoms with Crippen molar-refractivity contribution < 1.29 is 18.8 Å². The maximum absolute atomic E-state index is 13.3. The number of hydrogen-bond acceptors (Lipinski definition) is 5. The molecule has 1 unspecified atom stereocenters. The molecule has 3 amide bonds. The van der Waals surface area contributed by atoms with Crippen molar-refractivity contribution in [2.45, 2.75) is 19.3 Å². The van der Waals surface area contributed by atoms with E-state index in [0.29, 0.717) is 36.0 Å². The molecule has 10 heteroatoms. The summed E-state index contributed by atoms with van der Waals surface area (Å²) in [6, 6.07) is 8.76. The highest BCUT2D eigenvalue weighted by atomic mass is 35.5. The van der Waals surface area contributed by atoms with E-state index in [4.69, 9.17) is 17.3 Å². The molecule has 2 aromatic rings. The van der Waals surface area contributed by atoms with Crippen LogP contribution in [-0.4, -0.2) is 53.8 Å². The molecule has 8 nitrogen and oxygen atoms in total. The molecule has 2 heterocycles. The van der Waals surface area contributed by atoms with Crippen molar-refractivity contribution in [1.29, 1.82) is 0 Å². The number of carbonyl (C=O) groups excluding carboxylic acids is 3. The highest BCUT2D eigenvalue weighted by molar-refractivity contribution is 6.30. The molecule has 170 valence electrons. The number of nitrogens with zero attached hydrogens (tertiary/aromatic N) is 3. The number of carbonyl (C=O) groups is 3. The standard InChI is InChI=1S/C22H25ClFN5O3/c23-16-3-8-20(26-12-16)27-22(32)15-2-1-10-28(13-15)14-21(31)29(11-9-19(25)30)18-6-4-17(24)5-7-18/h3-8,12,15H,1-2,9-11,13-14H2,(H2,25,30)(H,26,27,32). The van der Waals surface area contributed by atoms with Crippen molar-refractivity contribution in [2.24, 2.45) is 11.7 Å². The largest absolute Gasteiger partial charge is 0.370 e. The van der Waals surface area contributed by atoms with Crippen molar-refractivity contribution in [3.63, 3.8) is 0 Å². The molecule has 1 aromatic heterocycles. The summed E-state index contributed by atoms with van der Waals surface area (Å²) in [5.74, 6) is -1.24. The van der Waals surface area contributed by atoms with E-state index < -0.39 is 11.7 Å². The van der Waals surface area contributed by atoms with Gasteiger partial charge in [-0.05, 0) is 55.8 Å². The third-order valence-corrected chi connectivity index (χ3v) is 5.46. The van der Waals surface area contributed by atoms with Crippen molar-refractivity contribution >= 4 is 40.8 Å². The predicted octanol–water partition coefficient (Wildman–Crippen LogP) is 2.43. The fraction of sp³-hybridized carbons (Fsp3) is 0.364. The second kappa shape index (κ2) is 11.0. The number of benzene rings is 1. The zero-order chi connectivity index (χ0) is 23.1. The van der Waals surface area contributed by atoms with Gasteiger partial charge in [0.1, 0.15) is 11.6 Å². The number of pyridine rings is 1. The topological polar surface area (TPSA) is 109 Å². The lowest BCUT2D eigenvalue weighted by molar-refractivity contribution is -0.124. The molecule has 0 radical (unpaired) electrons. The van der Waals surface area contributed by atoms with Crippen LogP contribution in [0.25, 0.3) is 0 Å². The zero-order valence-corrected chi connectivity index (χ0v) is 18.2. The summed E-state index contributed by atoms with van der Waals surface area (Å²) in [6.07, 6.45) is 2.91. The number of nitrogens with one attached hydrogen (secondary N) is 1. The van der Waals surface area contributed by atoms with E-state index in [-0.39, 0.29) is 37.2 Å². The number of halogens is 2. The molecule has 32 heavy (non-hydrogen) atoms. The molecule has 0 aliphatic carbocycles. The molecule has 1 fully saturated rings. The van der Waals surface area contributed by atoms with Crippen molar-refractivity contribution in [3.8, 4) is 0 Å². The second-order valence-electron chi connectivity index (χ2n) is 7.66. The van der Waals surface area contributed by atoms with Crippen LogP contribution in [-0.2, 0) is 14.4 Å². The quantitative estimate of drug-likeness (QED) is 0.627. The maximum Gasteiger partial charge on any atom is 0.241 e. The fourth-order valence-corrected chi connectivity index (χ4v) is 3.72. The summed E-state index contributed by atoms with van der Waals surface area (Å²) < 4.78 is 13.3. The Labute approximate surface area is 190 Å². The van der Waals surface area contributed by atoms with Crippen LogP contribution in [0.15, 0.2) is 42.6 Å². The first-order valence-electron chi connectivity index (χ1n) is 10.3. The van der Waals surface area contributed by atoms with Crippen LogP contribution in [0.3, 0.4) is 0 Å². The highest BCUT2D eigenvalue weighted by Crippen LogP contribution is 2.21. The number of rotatable bonds is 8. The minimum absolute atomic E-state index is 0.0117. The first-order chi connectivity index (χ1) is 15.3. The molecular formula is C22H25ClFN5O3. The van der Waals surface area contributed by atoms with Gasteiger partial charge in [0.15, 0.2) is 0 Å². The molecule has 1 aromatic carbocycles. The lowest BCUT2D eigenvalue weighted by atomic mass is 9.97. The van der Waals surface area contributed by atoms with Gasteiger partial charge in [-0.1, -0.05) is 11.6 Å². The smallest absolute Gasteiger partial charge is 0.241 e. The Hall–Kier alpha value is -3.04. The van der Waals surface area contributed by atoms with Gasteiger partial charge in [-0.15, -0.1) is 0 Å². The van der Waals surface area contributed by atoms with Gasteiger partial charge in [0, 0.05) is 31.4 Å². The minimum atomic E-state index is -0.532. The molecule has 1 aliphatic rings. The van der Waals surface area contributed by atoms with Gasteiger partial charge >= 0.3 is 0 Å². The zero-order valence-electron chi connectivity index (χ0n) is 17.5. The SMILES string of the molecule is NC(=O)CCN(C(=O)CN1CCCC(C(=O)Nc2ccc(Cl)cn2)C1)c1ccc(F)cc1. The number of anilines is 2. The molecule has 1 saturated heterocycles. The van der Waals surface area contributed by atoms with Gasteiger partial charge in [0.05, 0.1) is 17.5 Å². The van der Waals surface area contributed by atoms with Crippen molar-refractivity contribution in [2.75, 3.05) is 36.4 Å². The number of piperidine rings is 1. The number of aromatic nitrogens is 1. The highest BCUT2D eigenvalue weighted by Gasteiger charge is 2.28. The second-order valence-corrected chi connectivity index (χ2v) is 8.10. The molecular weight excluding hydrogens is 437 g/mol. The monoisotopic (exact) mass is 461 g/mol. The number of primary amides is 1. The summed E-state index contributed by atoms with van der Waals surface area (Å²) >= 11 is 5.82. The Morgan fingerprint density at radius 2 is 1.97 bits per heavy atom. The summed E-state index contributed by atoms with van der Waals surface area (Å²) in [6.45, 7) is 1.25. The summed E-state index contributed by atoms with van der Waals surface area (Å²) in [4.78, 5) is 44.3. The van der Waals surface area contributed by atoms with Crippen LogP contribution < -0.4 is 16.0 Å². The van der Waals surface area contributed by atoms with E-state index in [2.05, 4.69) is 10.3 Å². The molecule has 1 aliphatic heterocycles. The Balaban J connectivity index is 1.62. The summed E-state index contributed by atoms with van der Waals surface area (Å²) in [5.41, 5.74) is 5.73. The molecule has 1 atom stereocenters. The van der Waals surface area contributed by atoms with E-state index >= 15 is 0 Å². The molecule has 0 saturated carbocycles. The molecule has 3 rings (SSSR count). The normalized spacial score (nSPS) is 16.4. The number of nitrogens with two attached hydrogens (primary N) is 1. The van der Waals surface area contributed by atoms with Gasteiger partial charge in [-0.2, -0.15) is 0 Å². The lowest BCUT2D eigenvalue weighted by Gasteiger charge is -2.33. The Morgan fingerprint density at radius 1 is 1.22 bits per heavy atom. The molecule has 0 spiro atoms. The average Bonchev–Trinajstić information content (AvgIpc) is 2.76. The van der Waals surface area contributed by atoms with E-state index in [1.54, 1.807) is 12.1 Å². The Bertz CT molecular complexity index is 955. The van der Waals surface area contributed by atoms with E-state index in [1.807, 2.05) is 4.90 Å². The summed E-state index contributed by atoms with van der Waals surface area (Å²) in [7, 11) is 0. The van der Waals surface area contributed by atoms with Gasteiger partial charge < -0.3 is 16.0 Å². The van der Waals surface area contributed by atoms with Crippen molar-refractivity contribution in [1.82, 2.24) is 9.88 Å². The molecule has 3 N–H and O–H groups in total. The van der Waals surface area contributed by atoms with Gasteiger partial charge in [0.25, 0.3) is 0 Å². The van der Waals surface area contributed by atoms with Crippen molar-refractivity contribution in [3.05, 3.63) is 53.4 Å².